The van der Waals surface area contributed by atoms with Crippen molar-refractivity contribution in [2.45, 2.75) is 63.9 Å². The lowest BCUT2D eigenvalue weighted by atomic mass is 9.85. The second kappa shape index (κ2) is 9.37. The Balaban J connectivity index is 1.70. The van der Waals surface area contributed by atoms with Crippen LogP contribution < -0.4 is 10.4 Å². The molecule has 2 fully saturated rings. The van der Waals surface area contributed by atoms with Crippen LogP contribution in [0.15, 0.2) is 60.7 Å². The molecule has 1 aliphatic carbocycles. The van der Waals surface area contributed by atoms with Crippen LogP contribution in [0, 0.1) is 5.92 Å². The molecule has 0 spiro atoms. The molecule has 2 aromatic rings. The lowest BCUT2D eigenvalue weighted by Crippen LogP contribution is -2.68. The molecular weight excluding hydrogens is 404 g/mol. The van der Waals surface area contributed by atoms with E-state index in [1.807, 2.05) is 0 Å². The van der Waals surface area contributed by atoms with Crippen LogP contribution in [0.1, 0.15) is 46.5 Å². The van der Waals surface area contributed by atoms with Crippen molar-refractivity contribution >= 4 is 24.5 Å². The number of hydrogen-bond donors (Lipinski definition) is 0. The highest BCUT2D eigenvalue weighted by Crippen LogP contribution is 2.40. The third-order valence-corrected chi connectivity index (χ3v) is 11.7. The zero-order chi connectivity index (χ0) is 21.9. The SMILES string of the molecule is CC(C)(C)[Si](O[C@H]1CCC(=O)[C@@H](C2OCCCO2)C1)(c1ccccc1)c1ccccc1. The molecular formula is C26H34O4Si. The van der Waals surface area contributed by atoms with Crippen molar-refractivity contribution in [2.24, 2.45) is 5.92 Å². The predicted octanol–water partition coefficient (Wildman–Crippen LogP) is 4.06. The summed E-state index contributed by atoms with van der Waals surface area (Å²) in [5.74, 6) is 0.00598. The Hall–Kier alpha value is -1.79. The van der Waals surface area contributed by atoms with Gasteiger partial charge in [-0.15, -0.1) is 0 Å². The highest BCUT2D eigenvalue weighted by molar-refractivity contribution is 6.99. The first kappa shape index (κ1) is 22.4. The summed E-state index contributed by atoms with van der Waals surface area (Å²) in [7, 11) is -2.63. The molecule has 0 aromatic heterocycles. The number of ketones is 1. The molecule has 2 aliphatic rings. The van der Waals surface area contributed by atoms with Crippen LogP contribution in [0.3, 0.4) is 0 Å². The Morgan fingerprint density at radius 2 is 1.45 bits per heavy atom. The molecule has 1 saturated carbocycles. The molecule has 5 heteroatoms. The minimum atomic E-state index is -2.63. The largest absolute Gasteiger partial charge is 0.404 e. The van der Waals surface area contributed by atoms with Crippen molar-refractivity contribution in [1.29, 1.82) is 0 Å². The van der Waals surface area contributed by atoms with Gasteiger partial charge in [0, 0.05) is 12.5 Å². The van der Waals surface area contributed by atoms with Gasteiger partial charge < -0.3 is 13.9 Å². The van der Waals surface area contributed by atoms with E-state index in [4.69, 9.17) is 13.9 Å². The number of ether oxygens (including phenoxy) is 2. The first-order valence-electron chi connectivity index (χ1n) is 11.5. The van der Waals surface area contributed by atoms with Gasteiger partial charge in [0.05, 0.1) is 19.1 Å². The molecule has 4 nitrogen and oxygen atoms in total. The zero-order valence-corrected chi connectivity index (χ0v) is 19.9. The van der Waals surface area contributed by atoms with E-state index in [0.717, 1.165) is 12.8 Å². The maximum absolute atomic E-state index is 12.7. The quantitative estimate of drug-likeness (QED) is 0.661. The van der Waals surface area contributed by atoms with Crippen molar-refractivity contribution in [3.8, 4) is 0 Å². The molecule has 2 aromatic carbocycles. The summed E-state index contributed by atoms with van der Waals surface area (Å²) in [6, 6.07) is 21.4. The van der Waals surface area contributed by atoms with Gasteiger partial charge >= 0.3 is 0 Å². The van der Waals surface area contributed by atoms with Crippen LogP contribution in [-0.2, 0) is 18.7 Å². The zero-order valence-electron chi connectivity index (χ0n) is 18.9. The van der Waals surface area contributed by atoms with Gasteiger partial charge in [-0.05, 0) is 34.7 Å². The minimum absolute atomic E-state index is 0.00290. The van der Waals surface area contributed by atoms with Crippen LogP contribution in [0.5, 0.6) is 0 Å². The van der Waals surface area contributed by atoms with Gasteiger partial charge in [-0.1, -0.05) is 81.4 Å². The van der Waals surface area contributed by atoms with Gasteiger partial charge in [-0.25, -0.2) is 0 Å². The Morgan fingerprint density at radius 3 is 1.97 bits per heavy atom. The van der Waals surface area contributed by atoms with Crippen LogP contribution in [0.4, 0.5) is 0 Å². The van der Waals surface area contributed by atoms with Gasteiger partial charge in [-0.3, -0.25) is 4.79 Å². The Labute approximate surface area is 187 Å². The monoisotopic (exact) mass is 438 g/mol. The first-order chi connectivity index (χ1) is 14.9. The molecule has 166 valence electrons. The number of Topliss-reactive ketones (excluding diaryl/α,β-unsaturated/α-hetero) is 1. The number of hydrogen-bond acceptors (Lipinski definition) is 4. The standard InChI is InChI=1S/C26H34O4Si/c1-26(2,3)31(21-11-6-4-7-12-21,22-13-8-5-9-14-22)30-20-15-16-24(27)23(19-20)25-28-17-10-18-29-25/h4-9,11-14,20,23,25H,10,15-19H2,1-3H3/t20-,23-/m0/s1. The Morgan fingerprint density at radius 1 is 0.903 bits per heavy atom. The lowest BCUT2D eigenvalue weighted by molar-refractivity contribution is -0.210. The minimum Gasteiger partial charge on any atom is -0.404 e. The fourth-order valence-electron chi connectivity index (χ4n) is 5.07. The molecule has 4 rings (SSSR count). The summed E-state index contributed by atoms with van der Waals surface area (Å²) >= 11 is 0. The van der Waals surface area contributed by atoms with Gasteiger partial charge in [0.1, 0.15) is 5.78 Å². The van der Waals surface area contributed by atoms with E-state index in [9.17, 15) is 4.79 Å². The van der Waals surface area contributed by atoms with Gasteiger partial charge in [0.15, 0.2) is 6.29 Å². The molecule has 1 saturated heterocycles. The molecule has 0 radical (unpaired) electrons. The third kappa shape index (κ3) is 4.56. The van der Waals surface area contributed by atoms with Gasteiger partial charge in [0.25, 0.3) is 8.32 Å². The molecule has 1 heterocycles. The van der Waals surface area contributed by atoms with E-state index >= 15 is 0 Å². The first-order valence-corrected chi connectivity index (χ1v) is 13.4. The lowest BCUT2D eigenvalue weighted by Gasteiger charge is -2.46. The molecule has 31 heavy (non-hydrogen) atoms. The van der Waals surface area contributed by atoms with Crippen LogP contribution in [-0.4, -0.2) is 39.7 Å². The van der Waals surface area contributed by atoms with E-state index in [-0.39, 0.29) is 22.8 Å². The van der Waals surface area contributed by atoms with Crippen molar-refractivity contribution < 1.29 is 18.7 Å². The molecule has 0 unspecified atom stereocenters. The number of rotatable bonds is 5. The van der Waals surface area contributed by atoms with E-state index in [1.54, 1.807) is 0 Å². The van der Waals surface area contributed by atoms with Crippen LogP contribution in [0.25, 0.3) is 0 Å². The van der Waals surface area contributed by atoms with Crippen LogP contribution >= 0.6 is 0 Å². The average molecular weight is 439 g/mol. The Kier molecular flexibility index (Phi) is 6.77. The number of carbonyl (C=O) groups is 1. The molecule has 1 aliphatic heterocycles. The average Bonchev–Trinajstić information content (AvgIpc) is 2.79. The maximum Gasteiger partial charge on any atom is 0.261 e. The van der Waals surface area contributed by atoms with E-state index in [1.165, 1.54) is 10.4 Å². The normalized spacial score (nSPS) is 23.6. The number of carbonyl (C=O) groups excluding carboxylic acids is 1. The van der Waals surface area contributed by atoms with E-state index in [0.29, 0.717) is 26.1 Å². The van der Waals surface area contributed by atoms with E-state index < -0.39 is 14.6 Å². The second-order valence-electron chi connectivity index (χ2n) is 9.71. The van der Waals surface area contributed by atoms with E-state index in [2.05, 4.69) is 81.4 Å². The number of benzene rings is 2. The van der Waals surface area contributed by atoms with Crippen molar-refractivity contribution in [1.82, 2.24) is 0 Å². The van der Waals surface area contributed by atoms with Crippen LogP contribution in [0.2, 0.25) is 5.04 Å². The fraction of sp³-hybridized carbons (Fsp3) is 0.500. The summed E-state index contributed by atoms with van der Waals surface area (Å²) in [5.41, 5.74) is 0. The van der Waals surface area contributed by atoms with Crippen molar-refractivity contribution in [3.63, 3.8) is 0 Å². The Bertz CT molecular complexity index is 816. The smallest absolute Gasteiger partial charge is 0.261 e. The maximum atomic E-state index is 12.7. The molecule has 0 amide bonds. The summed E-state index contributed by atoms with van der Waals surface area (Å²) in [6.45, 7) is 8.19. The highest BCUT2D eigenvalue weighted by atomic mass is 28.4. The second-order valence-corrected chi connectivity index (χ2v) is 14.0. The topological polar surface area (TPSA) is 44.8 Å². The predicted molar refractivity (Wildman–Crippen MR) is 125 cm³/mol. The summed E-state index contributed by atoms with van der Waals surface area (Å²) in [4.78, 5) is 12.7. The van der Waals surface area contributed by atoms with Gasteiger partial charge in [0.2, 0.25) is 0 Å². The highest BCUT2D eigenvalue weighted by Gasteiger charge is 2.52. The summed E-state index contributed by atoms with van der Waals surface area (Å²) < 4.78 is 18.9. The molecule has 0 N–H and O–H groups in total. The summed E-state index contributed by atoms with van der Waals surface area (Å²) in [5, 5.41) is 2.46. The molecule has 0 bridgehead atoms. The van der Waals surface area contributed by atoms with Gasteiger partial charge in [-0.2, -0.15) is 0 Å². The fourth-order valence-corrected chi connectivity index (χ4v) is 9.80. The molecule has 2 atom stereocenters. The third-order valence-electron chi connectivity index (χ3n) is 6.58. The van der Waals surface area contributed by atoms with Crippen molar-refractivity contribution in [2.75, 3.05) is 13.2 Å². The van der Waals surface area contributed by atoms with Crippen molar-refractivity contribution in [3.05, 3.63) is 60.7 Å². The summed E-state index contributed by atoms with van der Waals surface area (Å²) in [6.07, 6.45) is 2.41.